The highest BCUT2D eigenvalue weighted by molar-refractivity contribution is 8.03. The molecule has 0 aromatic rings. The molecule has 0 spiro atoms. The highest BCUT2D eigenvalue weighted by Gasteiger charge is 2.60. The van der Waals surface area contributed by atoms with Crippen molar-refractivity contribution in [3.8, 4) is 6.07 Å². The third-order valence-corrected chi connectivity index (χ3v) is 6.94. The van der Waals surface area contributed by atoms with Gasteiger partial charge in [-0.2, -0.15) is 5.26 Å². The fraction of sp³-hybridized carbons (Fsp3) is 0.647. The Kier molecular flexibility index (Phi) is 4.75. The Morgan fingerprint density at radius 2 is 2.15 bits per heavy atom. The predicted molar refractivity (Wildman–Crippen MR) is 95.1 cm³/mol. The van der Waals surface area contributed by atoms with Gasteiger partial charge >= 0.3 is 5.97 Å². The summed E-state index contributed by atoms with van der Waals surface area (Å²) >= 11 is 1.40. The van der Waals surface area contributed by atoms with Crippen molar-refractivity contribution in [2.45, 2.75) is 50.6 Å². The molecule has 0 bridgehead atoms. The topological polar surface area (TPSA) is 129 Å². The van der Waals surface area contributed by atoms with Crippen LogP contribution in [0.3, 0.4) is 0 Å². The third-order valence-electron chi connectivity index (χ3n) is 5.45. The van der Waals surface area contributed by atoms with Gasteiger partial charge in [0.15, 0.2) is 0 Å². The number of nitriles is 1. The molecule has 0 saturated carbocycles. The van der Waals surface area contributed by atoms with Crippen LogP contribution in [0.1, 0.15) is 27.2 Å². The van der Waals surface area contributed by atoms with Crippen LogP contribution in [0.2, 0.25) is 0 Å². The molecular weight excluding hydrogens is 356 g/mol. The molecule has 26 heavy (non-hydrogen) atoms. The number of likely N-dealkylation sites (tertiary alicyclic amines) is 1. The van der Waals surface area contributed by atoms with Crippen LogP contribution in [0.15, 0.2) is 10.6 Å². The van der Waals surface area contributed by atoms with Gasteiger partial charge in [0.25, 0.3) is 0 Å². The first-order valence-electron chi connectivity index (χ1n) is 8.55. The number of carboxylic acid groups (broad SMARTS) is 1. The van der Waals surface area contributed by atoms with E-state index in [0.717, 1.165) is 0 Å². The van der Waals surface area contributed by atoms with Gasteiger partial charge in [-0.3, -0.25) is 10.2 Å². The number of nitrogens with one attached hydrogen (secondary N) is 1. The minimum Gasteiger partial charge on any atom is -0.477 e. The highest BCUT2D eigenvalue weighted by Crippen LogP contribution is 2.52. The number of carbonyl (C=O) groups is 2. The molecule has 3 N–H and O–H groups in total. The maximum Gasteiger partial charge on any atom is 0.353 e. The number of aliphatic hydroxyl groups excluding tert-OH is 1. The molecule has 3 aliphatic heterocycles. The van der Waals surface area contributed by atoms with E-state index < -0.39 is 18.0 Å². The number of β-lactam (4-membered cyclic amide) rings is 1. The molecule has 9 heteroatoms. The first-order valence-corrected chi connectivity index (χ1v) is 9.43. The van der Waals surface area contributed by atoms with Crippen molar-refractivity contribution in [3.63, 3.8) is 0 Å². The summed E-state index contributed by atoms with van der Waals surface area (Å²) in [6.07, 6.45) is -0.282. The standard InChI is InChI=1S/C17H22N4O4S/c1-7-13-12(8(2)22)16(23)21(13)14(17(24)25)15(7)26-11-4-10(5-18)20(6-11)9(3)19/h7-8,10-13,19,22H,4,6H2,1-3H3,(H,24,25)/t7?,8?,10?,11?,12?,13-/m1/s1. The number of nitrogens with zero attached hydrogens (tertiary/aromatic N) is 3. The van der Waals surface area contributed by atoms with E-state index in [0.29, 0.717) is 23.7 Å². The monoisotopic (exact) mass is 378 g/mol. The quantitative estimate of drug-likeness (QED) is 0.375. The van der Waals surface area contributed by atoms with Crippen molar-refractivity contribution in [1.82, 2.24) is 9.80 Å². The minimum absolute atomic E-state index is 0.00735. The molecule has 0 aromatic heterocycles. The van der Waals surface area contributed by atoms with Gasteiger partial charge in [0.05, 0.1) is 30.0 Å². The molecule has 0 radical (unpaired) electrons. The second-order valence-electron chi connectivity index (χ2n) is 7.13. The van der Waals surface area contributed by atoms with Gasteiger partial charge in [0, 0.05) is 22.6 Å². The number of hydrogen-bond donors (Lipinski definition) is 3. The molecule has 6 atom stereocenters. The number of amidine groups is 1. The van der Waals surface area contributed by atoms with Gasteiger partial charge in [-0.05, 0) is 20.3 Å². The largest absolute Gasteiger partial charge is 0.477 e. The van der Waals surface area contributed by atoms with Gasteiger partial charge in [-0.15, -0.1) is 11.8 Å². The number of rotatable bonds is 4. The SMILES string of the molecule is CC(=N)N1CC(SC2=C(C(=O)O)N3C(=O)C(C(C)O)[C@H]3C2C)CC1C#N. The molecule has 1 amide bonds. The molecule has 0 aliphatic carbocycles. The lowest BCUT2D eigenvalue weighted by Crippen LogP contribution is -2.63. The number of thioether (sulfide) groups is 1. The molecule has 2 saturated heterocycles. The van der Waals surface area contributed by atoms with E-state index in [1.54, 1.807) is 18.7 Å². The molecule has 0 aromatic carbocycles. The number of amides is 1. The van der Waals surface area contributed by atoms with E-state index in [1.807, 2.05) is 6.92 Å². The van der Waals surface area contributed by atoms with E-state index in [1.165, 1.54) is 16.7 Å². The Hall–Kier alpha value is -2.05. The second-order valence-corrected chi connectivity index (χ2v) is 8.47. The van der Waals surface area contributed by atoms with Gasteiger partial charge in [0.1, 0.15) is 11.7 Å². The highest BCUT2D eigenvalue weighted by atomic mass is 32.2. The zero-order valence-corrected chi connectivity index (χ0v) is 15.7. The van der Waals surface area contributed by atoms with Crippen LogP contribution in [-0.4, -0.2) is 67.7 Å². The normalized spacial score (nSPS) is 34.4. The van der Waals surface area contributed by atoms with Crippen molar-refractivity contribution in [3.05, 3.63) is 10.6 Å². The number of carboxylic acids is 1. The lowest BCUT2D eigenvalue weighted by atomic mass is 9.79. The summed E-state index contributed by atoms with van der Waals surface area (Å²) in [7, 11) is 0. The summed E-state index contributed by atoms with van der Waals surface area (Å²) in [5.41, 5.74) is 0.00735. The minimum atomic E-state index is -1.14. The fourth-order valence-electron chi connectivity index (χ4n) is 4.23. The molecule has 2 fully saturated rings. The maximum atomic E-state index is 12.3. The Morgan fingerprint density at radius 3 is 2.62 bits per heavy atom. The van der Waals surface area contributed by atoms with E-state index in [2.05, 4.69) is 6.07 Å². The smallest absolute Gasteiger partial charge is 0.353 e. The average Bonchev–Trinajstić information content (AvgIpc) is 3.06. The molecule has 3 heterocycles. The number of fused-ring (bicyclic) bond motifs is 1. The van der Waals surface area contributed by atoms with Gasteiger partial charge in [-0.25, -0.2) is 4.79 Å². The van der Waals surface area contributed by atoms with E-state index in [-0.39, 0.29) is 34.9 Å². The molecule has 3 aliphatic rings. The summed E-state index contributed by atoms with van der Waals surface area (Å²) in [5.74, 6) is -1.93. The van der Waals surface area contributed by atoms with Crippen LogP contribution in [0.4, 0.5) is 0 Å². The van der Waals surface area contributed by atoms with Gasteiger partial charge in [-0.1, -0.05) is 6.92 Å². The van der Waals surface area contributed by atoms with Crippen molar-refractivity contribution in [2.75, 3.05) is 6.54 Å². The molecule has 140 valence electrons. The summed E-state index contributed by atoms with van der Waals surface area (Å²) in [6.45, 7) is 5.57. The Balaban J connectivity index is 1.85. The van der Waals surface area contributed by atoms with E-state index in [4.69, 9.17) is 5.41 Å². The van der Waals surface area contributed by atoms with Crippen LogP contribution >= 0.6 is 11.8 Å². The molecule has 5 unspecified atom stereocenters. The number of carbonyl (C=O) groups excluding carboxylic acids is 1. The first kappa shape index (κ1) is 18.7. The van der Waals surface area contributed by atoms with Crippen LogP contribution in [-0.2, 0) is 9.59 Å². The summed E-state index contributed by atoms with van der Waals surface area (Å²) in [5, 5.41) is 36.6. The average molecular weight is 378 g/mol. The van der Waals surface area contributed by atoms with E-state index in [9.17, 15) is 25.1 Å². The van der Waals surface area contributed by atoms with Crippen LogP contribution < -0.4 is 0 Å². The lowest BCUT2D eigenvalue weighted by Gasteiger charge is -2.46. The third kappa shape index (κ3) is 2.68. The Labute approximate surface area is 156 Å². The van der Waals surface area contributed by atoms with Crippen molar-refractivity contribution in [2.24, 2.45) is 11.8 Å². The Bertz CT molecular complexity index is 744. The number of aliphatic carboxylic acids is 1. The maximum absolute atomic E-state index is 12.3. The molecular formula is C17H22N4O4S. The van der Waals surface area contributed by atoms with Gasteiger partial charge < -0.3 is 20.0 Å². The summed E-state index contributed by atoms with van der Waals surface area (Å²) in [4.78, 5) is 27.8. The van der Waals surface area contributed by atoms with Crippen LogP contribution in [0.25, 0.3) is 0 Å². The second kappa shape index (κ2) is 6.59. The summed E-state index contributed by atoms with van der Waals surface area (Å²) in [6, 6.07) is 1.48. The predicted octanol–water partition coefficient (Wildman–Crippen LogP) is 0.837. The Morgan fingerprint density at radius 1 is 1.50 bits per heavy atom. The zero-order chi connectivity index (χ0) is 19.3. The molecule has 3 rings (SSSR count). The van der Waals surface area contributed by atoms with Crippen LogP contribution in [0, 0.1) is 28.6 Å². The fourth-order valence-corrected chi connectivity index (χ4v) is 5.76. The van der Waals surface area contributed by atoms with Gasteiger partial charge in [0.2, 0.25) is 5.91 Å². The van der Waals surface area contributed by atoms with Crippen LogP contribution in [0.5, 0.6) is 0 Å². The number of hydrogen-bond acceptors (Lipinski definition) is 6. The summed E-state index contributed by atoms with van der Waals surface area (Å²) < 4.78 is 0. The van der Waals surface area contributed by atoms with Crippen molar-refractivity contribution >= 4 is 29.5 Å². The van der Waals surface area contributed by atoms with Crippen molar-refractivity contribution in [1.29, 1.82) is 10.7 Å². The number of aliphatic hydroxyl groups is 1. The van der Waals surface area contributed by atoms with E-state index >= 15 is 0 Å². The van der Waals surface area contributed by atoms with Crippen molar-refractivity contribution < 1.29 is 19.8 Å². The zero-order valence-electron chi connectivity index (χ0n) is 14.8. The lowest BCUT2D eigenvalue weighted by molar-refractivity contribution is -0.163. The molecule has 8 nitrogen and oxygen atoms in total. The first-order chi connectivity index (χ1) is 12.2.